The summed E-state index contributed by atoms with van der Waals surface area (Å²) in [5, 5.41) is 18.7. The summed E-state index contributed by atoms with van der Waals surface area (Å²) in [4.78, 5) is 14.9. The van der Waals surface area contributed by atoms with E-state index in [-0.39, 0.29) is 40.3 Å². The van der Waals surface area contributed by atoms with E-state index in [0.29, 0.717) is 5.56 Å². The molecule has 4 aromatic rings. The highest BCUT2D eigenvalue weighted by atomic mass is 19.4. The molecule has 8 nitrogen and oxygen atoms in total. The summed E-state index contributed by atoms with van der Waals surface area (Å²) in [7, 11) is 0. The van der Waals surface area contributed by atoms with Crippen LogP contribution >= 0.6 is 0 Å². The molecule has 0 aliphatic rings. The minimum atomic E-state index is -4.56. The highest BCUT2D eigenvalue weighted by Gasteiger charge is 2.35. The number of hydrogen-bond acceptors (Lipinski definition) is 6. The molecule has 0 aliphatic heterocycles. The van der Waals surface area contributed by atoms with Gasteiger partial charge in [-0.15, -0.1) is 0 Å². The first-order chi connectivity index (χ1) is 17.7. The zero-order valence-corrected chi connectivity index (χ0v) is 18.9. The third-order valence-electron chi connectivity index (χ3n) is 5.27. The van der Waals surface area contributed by atoms with Gasteiger partial charge in [-0.25, -0.2) is 27.8 Å². The van der Waals surface area contributed by atoms with Crippen molar-refractivity contribution in [3.05, 3.63) is 94.3 Å². The Kier molecular flexibility index (Phi) is 6.48. The Balaban J connectivity index is 1.99. The van der Waals surface area contributed by atoms with Gasteiger partial charge in [-0.1, -0.05) is 42.0 Å². The molecule has 0 atom stereocenters. The number of nitrogens with zero attached hydrogens (tertiary/aromatic N) is 6. The fourth-order valence-electron chi connectivity index (χ4n) is 3.41. The summed E-state index contributed by atoms with van der Waals surface area (Å²) in [6, 6.07) is 14.7. The van der Waals surface area contributed by atoms with Crippen molar-refractivity contribution in [1.82, 2.24) is 9.97 Å². The molecule has 4 rings (SSSR count). The van der Waals surface area contributed by atoms with Gasteiger partial charge in [0.2, 0.25) is 17.6 Å². The lowest BCUT2D eigenvalue weighted by Gasteiger charge is -2.07. The number of halogens is 3. The van der Waals surface area contributed by atoms with E-state index in [1.54, 1.807) is 36.4 Å². The maximum Gasteiger partial charge on any atom is 0.553 e. The maximum absolute atomic E-state index is 13.1. The first kappa shape index (κ1) is 24.7. The second-order valence-electron chi connectivity index (χ2n) is 7.72. The number of alkyl halides is 3. The standard InChI is InChI=1S/C26H13F3N6O2/c1-14-4-6-15(7-5-14)19-21(36-24(34-19)17(12-30)13-31)22-20(35-25(37-22)23(32-2)33-3)16-8-10-18(11-9-16)26(27,28)29/h4-11,17,23H,1H3. The second kappa shape index (κ2) is 9.70. The Morgan fingerprint density at radius 1 is 0.811 bits per heavy atom. The molecule has 0 saturated carbocycles. The summed E-state index contributed by atoms with van der Waals surface area (Å²) < 4.78 is 50.9. The van der Waals surface area contributed by atoms with E-state index < -0.39 is 23.8 Å². The van der Waals surface area contributed by atoms with Gasteiger partial charge in [-0.05, 0) is 19.1 Å². The molecule has 2 heterocycles. The van der Waals surface area contributed by atoms with E-state index in [4.69, 9.17) is 22.0 Å². The second-order valence-corrected chi connectivity index (χ2v) is 7.72. The molecule has 2 aromatic carbocycles. The van der Waals surface area contributed by atoms with E-state index in [1.165, 1.54) is 12.1 Å². The van der Waals surface area contributed by atoms with Crippen LogP contribution in [0.3, 0.4) is 0 Å². The predicted octanol–water partition coefficient (Wildman–Crippen LogP) is 6.96. The topological polar surface area (TPSA) is 108 Å². The fourth-order valence-corrected chi connectivity index (χ4v) is 3.41. The first-order valence-electron chi connectivity index (χ1n) is 10.5. The van der Waals surface area contributed by atoms with Crippen LogP contribution in [0.1, 0.15) is 35.0 Å². The quantitative estimate of drug-likeness (QED) is 0.275. The summed E-state index contributed by atoms with van der Waals surface area (Å²) >= 11 is 0. The van der Waals surface area contributed by atoms with Gasteiger partial charge in [0, 0.05) is 11.1 Å². The monoisotopic (exact) mass is 498 g/mol. The minimum Gasteiger partial charge on any atom is -0.434 e. The molecule has 0 fully saturated rings. The average molecular weight is 498 g/mol. The van der Waals surface area contributed by atoms with Crippen molar-refractivity contribution in [2.75, 3.05) is 0 Å². The van der Waals surface area contributed by atoms with E-state index in [2.05, 4.69) is 19.7 Å². The van der Waals surface area contributed by atoms with E-state index in [1.807, 2.05) is 6.92 Å². The molecule has 0 aliphatic carbocycles. The molecular formula is C26H13F3N6O2. The van der Waals surface area contributed by atoms with Crippen LogP contribution in [0.2, 0.25) is 0 Å². The smallest absolute Gasteiger partial charge is 0.434 e. The molecule has 11 heteroatoms. The summed E-state index contributed by atoms with van der Waals surface area (Å²) in [5.41, 5.74) is 0.983. The molecule has 0 spiro atoms. The third kappa shape index (κ3) is 4.75. The van der Waals surface area contributed by atoms with Gasteiger partial charge in [0.15, 0.2) is 5.76 Å². The number of aromatic nitrogens is 2. The molecule has 0 unspecified atom stereocenters. The molecule has 180 valence electrons. The third-order valence-corrected chi connectivity index (χ3v) is 5.27. The number of hydrogen-bond donors (Lipinski definition) is 0. The lowest BCUT2D eigenvalue weighted by atomic mass is 10.0. The summed E-state index contributed by atoms with van der Waals surface area (Å²) in [5.74, 6) is -2.04. The zero-order valence-electron chi connectivity index (χ0n) is 18.9. The number of rotatable bonds is 5. The average Bonchev–Trinajstić information content (AvgIpc) is 3.51. The normalized spacial score (nSPS) is 11.1. The van der Waals surface area contributed by atoms with Gasteiger partial charge in [-0.3, -0.25) is 0 Å². The zero-order chi connectivity index (χ0) is 26.7. The van der Waals surface area contributed by atoms with Crippen LogP contribution in [0, 0.1) is 42.7 Å². The van der Waals surface area contributed by atoms with Crippen LogP contribution in [0.25, 0.3) is 43.7 Å². The Bertz CT molecular complexity index is 1590. The minimum absolute atomic E-state index is 0.00236. The van der Waals surface area contributed by atoms with Crippen LogP contribution in [0.15, 0.2) is 57.4 Å². The van der Waals surface area contributed by atoms with Crippen molar-refractivity contribution >= 4 is 0 Å². The van der Waals surface area contributed by atoms with Gasteiger partial charge in [0.25, 0.3) is 0 Å². The van der Waals surface area contributed by atoms with E-state index in [0.717, 1.165) is 17.7 Å². The van der Waals surface area contributed by atoms with Crippen molar-refractivity contribution in [3.8, 4) is 46.2 Å². The van der Waals surface area contributed by atoms with Gasteiger partial charge in [-0.2, -0.15) is 28.7 Å². The van der Waals surface area contributed by atoms with Crippen LogP contribution in [-0.4, -0.2) is 9.97 Å². The largest absolute Gasteiger partial charge is 0.553 e. The Morgan fingerprint density at radius 2 is 1.27 bits per heavy atom. The Morgan fingerprint density at radius 3 is 1.73 bits per heavy atom. The van der Waals surface area contributed by atoms with Crippen molar-refractivity contribution in [1.29, 1.82) is 10.5 Å². The van der Waals surface area contributed by atoms with Crippen LogP contribution < -0.4 is 0 Å². The fraction of sp³-hybridized carbons (Fsp3) is 0.154. The molecule has 0 saturated heterocycles. The number of aryl methyl sites for hydroxylation is 1. The Labute approximate surface area is 208 Å². The molecule has 0 amide bonds. The SMILES string of the molecule is [C-]#[N+]C([N+]#[C-])c1nc(-c2ccc(C(F)(F)F)cc2)c(-c2oc(C(C#N)C#N)nc2-c2ccc(C)cc2)o1. The van der Waals surface area contributed by atoms with Crippen molar-refractivity contribution in [2.24, 2.45) is 0 Å². The Hall–Kier alpha value is -5.39. The highest BCUT2D eigenvalue weighted by molar-refractivity contribution is 5.83. The predicted molar refractivity (Wildman–Crippen MR) is 123 cm³/mol. The van der Waals surface area contributed by atoms with Gasteiger partial charge < -0.3 is 8.83 Å². The van der Waals surface area contributed by atoms with Crippen LogP contribution in [0.5, 0.6) is 0 Å². The number of benzene rings is 2. The van der Waals surface area contributed by atoms with Gasteiger partial charge in [0.05, 0.1) is 17.7 Å². The summed E-state index contributed by atoms with van der Waals surface area (Å²) in [6.45, 7) is 16.4. The lowest BCUT2D eigenvalue weighted by Crippen LogP contribution is -2.04. The molecule has 0 N–H and O–H groups in total. The number of nitriles is 2. The van der Waals surface area contributed by atoms with E-state index >= 15 is 0 Å². The van der Waals surface area contributed by atoms with Crippen LogP contribution in [0.4, 0.5) is 13.2 Å². The van der Waals surface area contributed by atoms with Crippen molar-refractivity contribution in [3.63, 3.8) is 0 Å². The first-order valence-corrected chi connectivity index (χ1v) is 10.5. The van der Waals surface area contributed by atoms with E-state index in [9.17, 15) is 23.7 Å². The number of oxazole rings is 2. The molecular weight excluding hydrogens is 485 g/mol. The highest BCUT2D eigenvalue weighted by Crippen LogP contribution is 2.42. The van der Waals surface area contributed by atoms with Crippen LogP contribution in [-0.2, 0) is 6.18 Å². The maximum atomic E-state index is 13.1. The van der Waals surface area contributed by atoms with Gasteiger partial charge in [0.1, 0.15) is 11.4 Å². The summed E-state index contributed by atoms with van der Waals surface area (Å²) in [6.07, 6.45) is -6.00. The molecule has 0 radical (unpaired) electrons. The van der Waals surface area contributed by atoms with Crippen molar-refractivity contribution < 1.29 is 22.0 Å². The van der Waals surface area contributed by atoms with Gasteiger partial charge >= 0.3 is 18.2 Å². The lowest BCUT2D eigenvalue weighted by molar-refractivity contribution is -0.137. The molecule has 2 aromatic heterocycles. The van der Waals surface area contributed by atoms with Crippen molar-refractivity contribution in [2.45, 2.75) is 25.2 Å². The molecule has 0 bridgehead atoms. The molecule has 37 heavy (non-hydrogen) atoms.